The predicted octanol–water partition coefficient (Wildman–Crippen LogP) is 0.964. The molecule has 1 fully saturated rings. The molecule has 2 rings (SSSR count). The number of carbonyl (C=O) groups excluding carboxylic acids is 2. The number of nitrogens with zero attached hydrogens (tertiary/aromatic N) is 1. The lowest BCUT2D eigenvalue weighted by molar-refractivity contribution is -0.137. The second kappa shape index (κ2) is 8.19. The standard InChI is InChI=1S/C16H21N3O5/c1-24-13-6-3-2-5-12(13)19-10-8-11(15(19)22)18-16(23)17-9-4-7-14(20)21/h2-3,5-6,11H,4,7-10H2,1H3,(H,20,21)(H2,17,18,23). The Morgan fingerprint density at radius 2 is 2.12 bits per heavy atom. The number of para-hydroxylation sites is 2. The first-order valence-corrected chi connectivity index (χ1v) is 7.73. The number of amides is 3. The van der Waals surface area contributed by atoms with Gasteiger partial charge in [-0.2, -0.15) is 0 Å². The van der Waals surface area contributed by atoms with Crippen LogP contribution in [0, 0.1) is 0 Å². The number of carboxylic acids is 1. The van der Waals surface area contributed by atoms with Crippen molar-refractivity contribution in [3.8, 4) is 5.75 Å². The lowest BCUT2D eigenvalue weighted by Gasteiger charge is -2.19. The maximum atomic E-state index is 12.5. The fourth-order valence-corrected chi connectivity index (χ4v) is 2.56. The van der Waals surface area contributed by atoms with Crippen LogP contribution in [0.4, 0.5) is 10.5 Å². The van der Waals surface area contributed by atoms with Crippen molar-refractivity contribution in [2.24, 2.45) is 0 Å². The minimum Gasteiger partial charge on any atom is -0.495 e. The van der Waals surface area contributed by atoms with Crippen LogP contribution in [0.15, 0.2) is 24.3 Å². The quantitative estimate of drug-likeness (QED) is 0.643. The third-order valence-corrected chi connectivity index (χ3v) is 3.74. The van der Waals surface area contributed by atoms with E-state index in [2.05, 4.69) is 10.6 Å². The predicted molar refractivity (Wildman–Crippen MR) is 87.2 cm³/mol. The van der Waals surface area contributed by atoms with Gasteiger partial charge in [-0.15, -0.1) is 0 Å². The number of rotatable bonds is 7. The van der Waals surface area contributed by atoms with Gasteiger partial charge >= 0.3 is 12.0 Å². The van der Waals surface area contributed by atoms with Gasteiger partial charge in [0.05, 0.1) is 12.8 Å². The average Bonchev–Trinajstić information content (AvgIpc) is 2.92. The molecule has 130 valence electrons. The number of carboxylic acid groups (broad SMARTS) is 1. The van der Waals surface area contributed by atoms with E-state index in [0.29, 0.717) is 30.8 Å². The summed E-state index contributed by atoms with van der Waals surface area (Å²) in [5.74, 6) is -0.500. The number of carbonyl (C=O) groups is 3. The number of methoxy groups -OCH3 is 1. The van der Waals surface area contributed by atoms with E-state index in [4.69, 9.17) is 9.84 Å². The molecule has 1 unspecified atom stereocenters. The highest BCUT2D eigenvalue weighted by atomic mass is 16.5. The smallest absolute Gasteiger partial charge is 0.315 e. The Kier molecular flexibility index (Phi) is 6.00. The molecule has 1 atom stereocenters. The summed E-state index contributed by atoms with van der Waals surface area (Å²) in [4.78, 5) is 36.3. The Bertz CT molecular complexity index is 619. The summed E-state index contributed by atoms with van der Waals surface area (Å²) in [5, 5.41) is 13.7. The van der Waals surface area contributed by atoms with E-state index in [0.717, 1.165) is 0 Å². The lowest BCUT2D eigenvalue weighted by Crippen LogP contribution is -2.46. The summed E-state index contributed by atoms with van der Waals surface area (Å²) in [6, 6.07) is 6.14. The normalized spacial score (nSPS) is 16.8. The molecule has 3 N–H and O–H groups in total. The highest BCUT2D eigenvalue weighted by Gasteiger charge is 2.34. The monoisotopic (exact) mass is 335 g/mol. The molecule has 8 nitrogen and oxygen atoms in total. The van der Waals surface area contributed by atoms with E-state index in [-0.39, 0.29) is 18.9 Å². The molecule has 8 heteroatoms. The molecule has 1 aromatic carbocycles. The zero-order valence-corrected chi connectivity index (χ0v) is 13.4. The summed E-state index contributed by atoms with van der Waals surface area (Å²) in [6.45, 7) is 0.735. The zero-order valence-electron chi connectivity index (χ0n) is 13.4. The molecule has 0 spiro atoms. The molecule has 1 aromatic rings. The molecule has 1 aliphatic heterocycles. The molecule has 3 amide bonds. The van der Waals surface area contributed by atoms with Gasteiger partial charge in [0.15, 0.2) is 0 Å². The Hall–Kier alpha value is -2.77. The van der Waals surface area contributed by atoms with Gasteiger partial charge in [-0.3, -0.25) is 9.59 Å². The topological polar surface area (TPSA) is 108 Å². The van der Waals surface area contributed by atoms with Crippen LogP contribution < -0.4 is 20.3 Å². The number of urea groups is 1. The van der Waals surface area contributed by atoms with Crippen LogP contribution >= 0.6 is 0 Å². The van der Waals surface area contributed by atoms with Crippen molar-refractivity contribution >= 4 is 23.6 Å². The SMILES string of the molecule is COc1ccccc1N1CCC(NC(=O)NCCCC(=O)O)C1=O. The highest BCUT2D eigenvalue weighted by molar-refractivity contribution is 6.02. The number of hydrogen-bond acceptors (Lipinski definition) is 4. The Labute approximate surface area is 139 Å². The van der Waals surface area contributed by atoms with Crippen LogP contribution in [0.5, 0.6) is 5.75 Å². The number of nitrogens with one attached hydrogen (secondary N) is 2. The van der Waals surface area contributed by atoms with Gasteiger partial charge in [-0.05, 0) is 25.0 Å². The minimum absolute atomic E-state index is 0.00970. The van der Waals surface area contributed by atoms with Crippen molar-refractivity contribution in [1.29, 1.82) is 0 Å². The summed E-state index contributed by atoms with van der Waals surface area (Å²) >= 11 is 0. The van der Waals surface area contributed by atoms with E-state index in [1.165, 1.54) is 0 Å². The van der Waals surface area contributed by atoms with Gasteiger partial charge in [0.1, 0.15) is 11.8 Å². The molecular formula is C16H21N3O5. The molecule has 0 aromatic heterocycles. The van der Waals surface area contributed by atoms with Crippen molar-refractivity contribution in [1.82, 2.24) is 10.6 Å². The number of benzene rings is 1. The van der Waals surface area contributed by atoms with Crippen LogP contribution in [0.1, 0.15) is 19.3 Å². The largest absolute Gasteiger partial charge is 0.495 e. The fraction of sp³-hybridized carbons (Fsp3) is 0.438. The third kappa shape index (κ3) is 4.37. The van der Waals surface area contributed by atoms with E-state index < -0.39 is 18.0 Å². The minimum atomic E-state index is -0.907. The van der Waals surface area contributed by atoms with Gasteiger partial charge < -0.3 is 25.4 Å². The third-order valence-electron chi connectivity index (χ3n) is 3.74. The van der Waals surface area contributed by atoms with Gasteiger partial charge in [0, 0.05) is 19.5 Å². The van der Waals surface area contributed by atoms with Gasteiger partial charge in [0.25, 0.3) is 0 Å². The summed E-state index contributed by atoms with van der Waals surface area (Å²) < 4.78 is 5.27. The number of hydrogen-bond donors (Lipinski definition) is 3. The first kappa shape index (κ1) is 17.6. The van der Waals surface area contributed by atoms with Crippen LogP contribution in [-0.4, -0.2) is 49.3 Å². The molecular weight excluding hydrogens is 314 g/mol. The molecule has 1 saturated heterocycles. The van der Waals surface area contributed by atoms with E-state index in [9.17, 15) is 14.4 Å². The van der Waals surface area contributed by atoms with Crippen LogP contribution in [0.3, 0.4) is 0 Å². The lowest BCUT2D eigenvalue weighted by atomic mass is 10.2. The molecule has 0 aliphatic carbocycles. The number of aliphatic carboxylic acids is 1. The maximum absolute atomic E-state index is 12.5. The molecule has 1 heterocycles. The van der Waals surface area contributed by atoms with Crippen LogP contribution in [-0.2, 0) is 9.59 Å². The fourth-order valence-electron chi connectivity index (χ4n) is 2.56. The van der Waals surface area contributed by atoms with E-state index in [1.807, 2.05) is 12.1 Å². The first-order valence-electron chi connectivity index (χ1n) is 7.73. The molecule has 0 saturated carbocycles. The van der Waals surface area contributed by atoms with Crippen molar-refractivity contribution in [3.63, 3.8) is 0 Å². The van der Waals surface area contributed by atoms with Crippen molar-refractivity contribution < 1.29 is 24.2 Å². The van der Waals surface area contributed by atoms with E-state index in [1.54, 1.807) is 24.1 Å². The molecule has 24 heavy (non-hydrogen) atoms. The first-order chi connectivity index (χ1) is 11.5. The highest BCUT2D eigenvalue weighted by Crippen LogP contribution is 2.30. The second-order valence-electron chi connectivity index (χ2n) is 5.40. The Morgan fingerprint density at radius 3 is 2.83 bits per heavy atom. The number of ether oxygens (including phenoxy) is 1. The summed E-state index contributed by atoms with van der Waals surface area (Å²) in [7, 11) is 1.54. The molecule has 0 radical (unpaired) electrons. The summed E-state index contributed by atoms with van der Waals surface area (Å²) in [5.41, 5.74) is 0.677. The Balaban J connectivity index is 1.87. The molecule has 0 bridgehead atoms. The van der Waals surface area contributed by atoms with Gasteiger partial charge in [-0.1, -0.05) is 12.1 Å². The van der Waals surface area contributed by atoms with E-state index >= 15 is 0 Å². The van der Waals surface area contributed by atoms with Crippen molar-refractivity contribution in [2.45, 2.75) is 25.3 Å². The number of anilines is 1. The zero-order chi connectivity index (χ0) is 17.5. The van der Waals surface area contributed by atoms with Crippen LogP contribution in [0.25, 0.3) is 0 Å². The second-order valence-corrected chi connectivity index (χ2v) is 5.40. The van der Waals surface area contributed by atoms with Crippen LogP contribution in [0.2, 0.25) is 0 Å². The molecule has 1 aliphatic rings. The average molecular weight is 335 g/mol. The van der Waals surface area contributed by atoms with Gasteiger partial charge in [0.2, 0.25) is 5.91 Å². The van der Waals surface area contributed by atoms with Crippen molar-refractivity contribution in [2.75, 3.05) is 25.1 Å². The Morgan fingerprint density at radius 1 is 1.38 bits per heavy atom. The van der Waals surface area contributed by atoms with Crippen molar-refractivity contribution in [3.05, 3.63) is 24.3 Å². The van der Waals surface area contributed by atoms with Gasteiger partial charge in [-0.25, -0.2) is 4.79 Å². The maximum Gasteiger partial charge on any atom is 0.315 e. The summed E-state index contributed by atoms with van der Waals surface area (Å²) in [6.07, 6.45) is 0.832.